The summed E-state index contributed by atoms with van der Waals surface area (Å²) in [7, 11) is -14.8. The average Bonchev–Trinajstić information content (AvgIpc) is 4.06. The van der Waals surface area contributed by atoms with Crippen molar-refractivity contribution < 1.29 is 70.2 Å². The highest BCUT2D eigenvalue weighted by Crippen LogP contribution is 2.30. The maximum absolute atomic E-state index is 12.6. The van der Waals surface area contributed by atoms with Crippen LogP contribution in [0.5, 0.6) is 0 Å². The Bertz CT molecular complexity index is 2270. The zero-order chi connectivity index (χ0) is 47.0. The first-order chi connectivity index (χ1) is 29.9. The Balaban J connectivity index is 0.000000161. The zero-order valence-electron chi connectivity index (χ0n) is 32.8. The molecule has 0 aromatic carbocycles. The Morgan fingerprint density at radius 3 is 0.641 bits per heavy atom. The van der Waals surface area contributed by atoms with Crippen LogP contribution in [0.2, 0.25) is 0 Å². The smallest absolute Gasteiger partial charge is 0.215 e. The highest BCUT2D eigenvalue weighted by molar-refractivity contribution is 7.90. The van der Waals surface area contributed by atoms with Gasteiger partial charge in [0.05, 0.1) is 126 Å². The number of sulfonamides is 4. The molecule has 0 bridgehead atoms. The molecule has 0 spiro atoms. The van der Waals surface area contributed by atoms with Crippen molar-refractivity contribution >= 4 is 40.1 Å². The van der Waals surface area contributed by atoms with E-state index in [2.05, 4.69) is 39.9 Å². The van der Waals surface area contributed by atoms with E-state index in [0.717, 1.165) is 49.6 Å². The molecule has 0 amide bonds. The zero-order valence-corrected chi connectivity index (χ0v) is 36.1. The summed E-state index contributed by atoms with van der Waals surface area (Å²) >= 11 is 0. The van der Waals surface area contributed by atoms with Gasteiger partial charge in [0.15, 0.2) is 23.3 Å². The Labute approximate surface area is 363 Å². The van der Waals surface area contributed by atoms with E-state index in [1.807, 2.05) is 0 Å². The molecule has 4 fully saturated rings. The Morgan fingerprint density at radius 1 is 0.344 bits per heavy atom. The molecular weight excluding hydrogens is 949 g/mol. The van der Waals surface area contributed by atoms with Crippen LogP contribution in [0.1, 0.15) is 47.0 Å². The summed E-state index contributed by atoms with van der Waals surface area (Å²) in [4.78, 5) is 29.9. The lowest BCUT2D eigenvalue weighted by Gasteiger charge is -2.13. The third kappa shape index (κ3) is 13.8. The molecule has 0 aliphatic carbocycles. The fourth-order valence-electron chi connectivity index (χ4n) is 6.45. The lowest BCUT2D eigenvalue weighted by atomic mass is 10.1. The number of aromatic nitrogens is 8. The van der Waals surface area contributed by atoms with Crippen LogP contribution in [0, 0.1) is 23.3 Å². The third-order valence-corrected chi connectivity index (χ3v) is 14.9. The SMILES string of the molecule is NS(=O)(=O)[C@@H]1COC[C@@H]1c1ncc(F)cn1.NS(=O)(=O)[C@@H]1COC[C@H]1c1ncc(F)cn1.NS(=O)(=O)[C@H]1COC[C@@H]1c1ncc(F)cn1.NS(=O)(=O)[C@H]1COC[C@H]1c1ncc(F)cn1. The summed E-state index contributed by atoms with van der Waals surface area (Å²) in [6.07, 6.45) is 7.90. The number of nitrogens with zero attached hydrogens (tertiary/aromatic N) is 8. The molecule has 8 rings (SSSR count). The van der Waals surface area contributed by atoms with Crippen LogP contribution >= 0.6 is 0 Å². The molecular formula is C32H40F4N12O12S4. The largest absolute Gasteiger partial charge is 0.379 e. The van der Waals surface area contributed by atoms with Crippen LogP contribution in [0.15, 0.2) is 49.6 Å². The summed E-state index contributed by atoms with van der Waals surface area (Å²) in [6, 6.07) is 0. The molecule has 0 saturated carbocycles. The Hall–Kier alpha value is -4.48. The number of hydrogen-bond donors (Lipinski definition) is 4. The Morgan fingerprint density at radius 2 is 0.500 bits per heavy atom. The van der Waals surface area contributed by atoms with Gasteiger partial charge in [0.25, 0.3) is 0 Å². The van der Waals surface area contributed by atoms with E-state index in [1.54, 1.807) is 0 Å². The number of ether oxygens (including phenoxy) is 4. The van der Waals surface area contributed by atoms with Gasteiger partial charge in [-0.3, -0.25) is 0 Å². The van der Waals surface area contributed by atoms with Crippen LogP contribution in [0.3, 0.4) is 0 Å². The van der Waals surface area contributed by atoms with Crippen molar-refractivity contribution in [2.75, 3.05) is 52.9 Å². The van der Waals surface area contributed by atoms with E-state index in [1.165, 1.54) is 0 Å². The summed E-state index contributed by atoms with van der Waals surface area (Å²) < 4.78 is 161. The van der Waals surface area contributed by atoms with E-state index < -0.39 is 108 Å². The Kier molecular flexibility index (Phi) is 16.8. The molecule has 4 saturated heterocycles. The minimum Gasteiger partial charge on any atom is -0.379 e. The van der Waals surface area contributed by atoms with Crippen LogP contribution < -0.4 is 20.6 Å². The number of nitrogens with two attached hydrogens (primary N) is 4. The van der Waals surface area contributed by atoms with E-state index >= 15 is 0 Å². The van der Waals surface area contributed by atoms with Crippen LogP contribution in [0.4, 0.5) is 17.6 Å². The predicted molar refractivity (Wildman–Crippen MR) is 210 cm³/mol. The van der Waals surface area contributed by atoms with Gasteiger partial charge in [0.1, 0.15) is 44.3 Å². The topological polar surface area (TPSA) is 381 Å². The molecule has 4 aromatic heterocycles. The summed E-state index contributed by atoms with van der Waals surface area (Å²) in [5, 5.41) is 16.8. The van der Waals surface area contributed by atoms with Gasteiger partial charge >= 0.3 is 0 Å². The van der Waals surface area contributed by atoms with Crippen molar-refractivity contribution in [3.63, 3.8) is 0 Å². The first-order valence-electron chi connectivity index (χ1n) is 18.2. The molecule has 4 aromatic rings. The second-order valence-corrected chi connectivity index (χ2v) is 21.3. The molecule has 4 aliphatic heterocycles. The molecule has 24 nitrogen and oxygen atoms in total. The molecule has 8 heterocycles. The summed E-state index contributed by atoms with van der Waals surface area (Å²) in [5.74, 6) is -3.49. The van der Waals surface area contributed by atoms with Gasteiger partial charge in [-0.05, 0) is 0 Å². The maximum Gasteiger partial charge on any atom is 0.215 e. The standard InChI is InChI=1S/4C8H10FN3O3S/c4*9-5-1-11-8(12-2-5)6-3-15-4-7(6)16(10,13)14/h4*1-2,6-7H,3-4H2,(H2,10,13,14)/t2*6-,7+;2*6-,7-/m1010/s1. The average molecular weight is 989 g/mol. The van der Waals surface area contributed by atoms with E-state index in [4.69, 9.17) is 39.5 Å². The number of halogens is 4. The third-order valence-electron chi connectivity index (χ3n) is 9.69. The van der Waals surface area contributed by atoms with Gasteiger partial charge < -0.3 is 18.9 Å². The maximum atomic E-state index is 12.6. The van der Waals surface area contributed by atoms with Crippen LogP contribution in [-0.2, 0) is 59.0 Å². The molecule has 4 aliphatic rings. The van der Waals surface area contributed by atoms with Gasteiger partial charge in [0.2, 0.25) is 40.1 Å². The van der Waals surface area contributed by atoms with Crippen molar-refractivity contribution in [2.45, 2.75) is 44.7 Å². The molecule has 8 N–H and O–H groups in total. The minimum absolute atomic E-state index is 0.0181. The van der Waals surface area contributed by atoms with Crippen molar-refractivity contribution in [3.05, 3.63) is 96.1 Å². The van der Waals surface area contributed by atoms with Crippen LogP contribution in [-0.4, -0.2) is 147 Å². The van der Waals surface area contributed by atoms with E-state index in [-0.39, 0.29) is 76.2 Å². The van der Waals surface area contributed by atoms with Crippen molar-refractivity contribution in [3.8, 4) is 0 Å². The molecule has 0 radical (unpaired) electrons. The lowest BCUT2D eigenvalue weighted by molar-refractivity contribution is 0.193. The van der Waals surface area contributed by atoms with Crippen LogP contribution in [0.25, 0.3) is 0 Å². The van der Waals surface area contributed by atoms with E-state index in [9.17, 15) is 51.2 Å². The monoisotopic (exact) mass is 988 g/mol. The first kappa shape index (κ1) is 50.5. The van der Waals surface area contributed by atoms with Gasteiger partial charge in [-0.1, -0.05) is 0 Å². The summed E-state index contributed by atoms with van der Waals surface area (Å²) in [6.45, 7) is 0.766. The van der Waals surface area contributed by atoms with Crippen molar-refractivity contribution in [1.82, 2.24) is 39.9 Å². The highest BCUT2D eigenvalue weighted by Gasteiger charge is 2.42. The second kappa shape index (κ2) is 21.2. The number of hydrogen-bond acceptors (Lipinski definition) is 20. The quantitative estimate of drug-likeness (QED) is 0.133. The fraction of sp³-hybridized carbons (Fsp3) is 0.500. The first-order valence-corrected chi connectivity index (χ1v) is 24.6. The molecule has 32 heteroatoms. The second-order valence-electron chi connectivity index (χ2n) is 14.1. The van der Waals surface area contributed by atoms with Gasteiger partial charge in [0, 0.05) is 0 Å². The molecule has 0 unspecified atom stereocenters. The lowest BCUT2D eigenvalue weighted by Crippen LogP contribution is -2.34. The predicted octanol–water partition coefficient (Wildman–Crippen LogP) is -2.45. The van der Waals surface area contributed by atoms with Gasteiger partial charge in [-0.25, -0.2) is 112 Å². The van der Waals surface area contributed by atoms with Crippen molar-refractivity contribution in [2.24, 2.45) is 20.6 Å². The number of rotatable bonds is 8. The molecule has 352 valence electrons. The normalized spacial score (nSPS) is 25.9. The van der Waals surface area contributed by atoms with Gasteiger partial charge in [-0.15, -0.1) is 0 Å². The minimum atomic E-state index is -3.71. The summed E-state index contributed by atoms with van der Waals surface area (Å²) in [5.41, 5.74) is 0. The van der Waals surface area contributed by atoms with Gasteiger partial charge in [-0.2, -0.15) is 0 Å². The molecule has 64 heavy (non-hydrogen) atoms. The highest BCUT2D eigenvalue weighted by atomic mass is 32.2. The molecule has 8 atom stereocenters. The number of primary sulfonamides is 4. The fourth-order valence-corrected chi connectivity index (χ4v) is 10.2. The van der Waals surface area contributed by atoms with Crippen molar-refractivity contribution in [1.29, 1.82) is 0 Å². The van der Waals surface area contributed by atoms with E-state index in [0.29, 0.717) is 0 Å².